The molecular formula is C17H28N4. The van der Waals surface area contributed by atoms with Gasteiger partial charge in [-0.3, -0.25) is 9.88 Å². The highest BCUT2D eigenvalue weighted by molar-refractivity contribution is 5.14. The number of rotatable bonds is 8. The van der Waals surface area contributed by atoms with Gasteiger partial charge in [0.05, 0.1) is 5.69 Å². The smallest absolute Gasteiger partial charge is 0.0544 e. The van der Waals surface area contributed by atoms with Crippen molar-refractivity contribution in [2.45, 2.75) is 44.8 Å². The van der Waals surface area contributed by atoms with Crippen LogP contribution in [-0.2, 0) is 13.1 Å². The van der Waals surface area contributed by atoms with Crippen molar-refractivity contribution in [3.8, 4) is 0 Å². The van der Waals surface area contributed by atoms with Crippen molar-refractivity contribution in [2.24, 2.45) is 0 Å². The number of hydrogen-bond donors (Lipinski definition) is 1. The molecule has 4 nitrogen and oxygen atoms in total. The van der Waals surface area contributed by atoms with E-state index in [1.807, 2.05) is 6.20 Å². The molecule has 1 aromatic heterocycles. The second-order valence-electron chi connectivity index (χ2n) is 6.60. The van der Waals surface area contributed by atoms with Crippen molar-refractivity contribution in [2.75, 3.05) is 33.2 Å². The summed E-state index contributed by atoms with van der Waals surface area (Å²) >= 11 is 0. The third-order valence-electron chi connectivity index (χ3n) is 4.49. The fourth-order valence-corrected chi connectivity index (χ4v) is 2.88. The molecule has 2 fully saturated rings. The fraction of sp³-hybridized carbons (Fsp3) is 0.706. The average molecular weight is 288 g/mol. The Morgan fingerprint density at radius 3 is 2.76 bits per heavy atom. The summed E-state index contributed by atoms with van der Waals surface area (Å²) in [5.74, 6) is 0. The number of nitrogens with one attached hydrogen (secondary N) is 1. The van der Waals surface area contributed by atoms with Crippen LogP contribution >= 0.6 is 0 Å². The number of aromatic nitrogens is 1. The summed E-state index contributed by atoms with van der Waals surface area (Å²) in [7, 11) is 2.19. The molecule has 4 heteroatoms. The second-order valence-corrected chi connectivity index (χ2v) is 6.60. The molecule has 0 aromatic carbocycles. The maximum absolute atomic E-state index is 4.60. The van der Waals surface area contributed by atoms with E-state index in [0.29, 0.717) is 0 Å². The van der Waals surface area contributed by atoms with E-state index >= 15 is 0 Å². The quantitative estimate of drug-likeness (QED) is 0.791. The van der Waals surface area contributed by atoms with Crippen LogP contribution in [0.1, 0.15) is 36.9 Å². The van der Waals surface area contributed by atoms with Crippen LogP contribution in [0.3, 0.4) is 0 Å². The first kappa shape index (κ1) is 14.9. The molecule has 1 N–H and O–H groups in total. The summed E-state index contributed by atoms with van der Waals surface area (Å²) in [6.07, 6.45) is 7.46. The molecule has 1 aromatic rings. The molecule has 1 saturated heterocycles. The Morgan fingerprint density at radius 2 is 2.10 bits per heavy atom. The SMILES string of the molecule is CN(CCN1CCCC1)Cc1ccc(CNC2CC2)cn1. The molecule has 0 radical (unpaired) electrons. The molecule has 0 atom stereocenters. The zero-order valence-electron chi connectivity index (χ0n) is 13.2. The van der Waals surface area contributed by atoms with Gasteiger partial charge in [-0.15, -0.1) is 0 Å². The Hall–Kier alpha value is -0.970. The Morgan fingerprint density at radius 1 is 1.29 bits per heavy atom. The van der Waals surface area contributed by atoms with Crippen LogP contribution in [0.15, 0.2) is 18.3 Å². The second kappa shape index (κ2) is 7.34. The van der Waals surface area contributed by atoms with Gasteiger partial charge in [-0.2, -0.15) is 0 Å². The predicted octanol–water partition coefficient (Wildman–Crippen LogP) is 1.86. The fourth-order valence-electron chi connectivity index (χ4n) is 2.88. The largest absolute Gasteiger partial charge is 0.310 e. The van der Waals surface area contributed by atoms with Crippen molar-refractivity contribution in [3.63, 3.8) is 0 Å². The summed E-state index contributed by atoms with van der Waals surface area (Å²) in [6.45, 7) is 6.81. The number of nitrogens with zero attached hydrogens (tertiary/aromatic N) is 3. The lowest BCUT2D eigenvalue weighted by atomic mass is 10.2. The van der Waals surface area contributed by atoms with E-state index in [1.165, 1.54) is 56.6 Å². The van der Waals surface area contributed by atoms with Crippen LogP contribution in [0.25, 0.3) is 0 Å². The van der Waals surface area contributed by atoms with Crippen LogP contribution in [0, 0.1) is 0 Å². The number of likely N-dealkylation sites (tertiary alicyclic amines) is 1. The number of pyridine rings is 1. The van der Waals surface area contributed by atoms with Crippen LogP contribution in [-0.4, -0.2) is 54.1 Å². The normalized spacial score (nSPS) is 19.5. The first-order valence-corrected chi connectivity index (χ1v) is 8.38. The Kier molecular flexibility index (Phi) is 5.22. The van der Waals surface area contributed by atoms with Crippen molar-refractivity contribution in [3.05, 3.63) is 29.6 Å². The van der Waals surface area contributed by atoms with E-state index in [0.717, 1.165) is 25.7 Å². The third kappa shape index (κ3) is 5.06. The summed E-state index contributed by atoms with van der Waals surface area (Å²) < 4.78 is 0. The van der Waals surface area contributed by atoms with Crippen molar-refractivity contribution >= 4 is 0 Å². The van der Waals surface area contributed by atoms with Crippen LogP contribution < -0.4 is 5.32 Å². The van der Waals surface area contributed by atoms with Gasteiger partial charge >= 0.3 is 0 Å². The minimum absolute atomic E-state index is 0.765. The Balaban J connectivity index is 1.38. The van der Waals surface area contributed by atoms with Crippen LogP contribution in [0.4, 0.5) is 0 Å². The molecule has 116 valence electrons. The van der Waals surface area contributed by atoms with Gasteiger partial charge in [0.1, 0.15) is 0 Å². The zero-order valence-corrected chi connectivity index (χ0v) is 13.2. The first-order valence-electron chi connectivity index (χ1n) is 8.38. The van der Waals surface area contributed by atoms with Gasteiger partial charge in [0, 0.05) is 38.4 Å². The predicted molar refractivity (Wildman–Crippen MR) is 86.1 cm³/mol. The van der Waals surface area contributed by atoms with Crippen LogP contribution in [0.2, 0.25) is 0 Å². The summed E-state index contributed by atoms with van der Waals surface area (Å²) in [5, 5.41) is 3.53. The monoisotopic (exact) mass is 288 g/mol. The van der Waals surface area contributed by atoms with E-state index in [4.69, 9.17) is 0 Å². The average Bonchev–Trinajstić information content (AvgIpc) is 3.18. The molecule has 0 spiro atoms. The Bertz CT molecular complexity index is 421. The molecule has 0 unspecified atom stereocenters. The molecule has 2 heterocycles. The number of likely N-dealkylation sites (N-methyl/N-ethyl adjacent to an activating group) is 1. The summed E-state index contributed by atoms with van der Waals surface area (Å²) in [4.78, 5) is 9.55. The molecule has 21 heavy (non-hydrogen) atoms. The van der Waals surface area contributed by atoms with E-state index < -0.39 is 0 Å². The molecule has 1 aliphatic heterocycles. The highest BCUT2D eigenvalue weighted by Gasteiger charge is 2.19. The molecule has 1 aliphatic carbocycles. The molecule has 3 rings (SSSR count). The van der Waals surface area contributed by atoms with E-state index in [1.54, 1.807) is 0 Å². The van der Waals surface area contributed by atoms with E-state index in [-0.39, 0.29) is 0 Å². The lowest BCUT2D eigenvalue weighted by Gasteiger charge is -2.21. The minimum atomic E-state index is 0.765. The maximum atomic E-state index is 4.60. The standard InChI is InChI=1S/C17H28N4/c1-20(10-11-21-8-2-3-9-21)14-17-5-4-15(13-19-17)12-18-16-6-7-16/h4-5,13,16,18H,2-3,6-12,14H2,1H3. The van der Waals surface area contributed by atoms with Gasteiger partial charge in [0.25, 0.3) is 0 Å². The van der Waals surface area contributed by atoms with E-state index in [9.17, 15) is 0 Å². The highest BCUT2D eigenvalue weighted by Crippen LogP contribution is 2.19. The third-order valence-corrected chi connectivity index (χ3v) is 4.49. The molecule has 0 amide bonds. The zero-order chi connectivity index (χ0) is 14.5. The summed E-state index contributed by atoms with van der Waals surface area (Å²) in [6, 6.07) is 5.16. The molecular weight excluding hydrogens is 260 g/mol. The molecule has 2 aliphatic rings. The topological polar surface area (TPSA) is 31.4 Å². The molecule has 1 saturated carbocycles. The van der Waals surface area contributed by atoms with Crippen molar-refractivity contribution in [1.82, 2.24) is 20.1 Å². The first-order chi connectivity index (χ1) is 10.3. The van der Waals surface area contributed by atoms with Gasteiger partial charge in [0.15, 0.2) is 0 Å². The van der Waals surface area contributed by atoms with Crippen LogP contribution in [0.5, 0.6) is 0 Å². The molecule has 0 bridgehead atoms. The Labute approximate surface area is 128 Å². The lowest BCUT2D eigenvalue weighted by molar-refractivity contribution is 0.250. The van der Waals surface area contributed by atoms with Crippen molar-refractivity contribution < 1.29 is 0 Å². The van der Waals surface area contributed by atoms with Gasteiger partial charge in [-0.05, 0) is 57.5 Å². The number of hydrogen-bond acceptors (Lipinski definition) is 4. The highest BCUT2D eigenvalue weighted by atomic mass is 15.2. The lowest BCUT2D eigenvalue weighted by Crippen LogP contribution is -2.31. The maximum Gasteiger partial charge on any atom is 0.0544 e. The minimum Gasteiger partial charge on any atom is -0.310 e. The van der Waals surface area contributed by atoms with Gasteiger partial charge in [-0.25, -0.2) is 0 Å². The van der Waals surface area contributed by atoms with E-state index in [2.05, 4.69) is 39.3 Å². The van der Waals surface area contributed by atoms with Crippen molar-refractivity contribution in [1.29, 1.82) is 0 Å². The van der Waals surface area contributed by atoms with Gasteiger partial charge in [0.2, 0.25) is 0 Å². The van der Waals surface area contributed by atoms with Gasteiger partial charge in [-0.1, -0.05) is 6.07 Å². The summed E-state index contributed by atoms with van der Waals surface area (Å²) in [5.41, 5.74) is 2.47. The van der Waals surface area contributed by atoms with Gasteiger partial charge < -0.3 is 10.2 Å².